The van der Waals surface area contributed by atoms with Gasteiger partial charge in [0.05, 0.1) is 20.3 Å². The number of aliphatic hydroxyl groups is 6. The summed E-state index contributed by atoms with van der Waals surface area (Å²) < 4.78 is 33.2. The number of aliphatic hydroxyl groups excluding tert-OH is 6. The zero-order chi connectivity index (χ0) is 30.3. The molecular formula is C27H30O15. The summed E-state index contributed by atoms with van der Waals surface area (Å²) in [6.45, 7) is -1.19. The molecule has 5 rings (SSSR count). The fourth-order valence-electron chi connectivity index (χ4n) is 4.77. The first kappa shape index (κ1) is 30.0. The summed E-state index contributed by atoms with van der Waals surface area (Å²) in [6, 6.07) is 8.02. The number of phenolic OH excluding ortho intramolecular Hbond substituents is 2. The summed E-state index contributed by atoms with van der Waals surface area (Å²) in [5.41, 5.74) is -0.702. The molecule has 2 aliphatic heterocycles. The zero-order valence-corrected chi connectivity index (χ0v) is 22.0. The van der Waals surface area contributed by atoms with E-state index >= 15 is 0 Å². The third kappa shape index (κ3) is 5.49. The average Bonchev–Trinajstić information content (AvgIpc) is 2.97. The van der Waals surface area contributed by atoms with E-state index in [1.54, 1.807) is 0 Å². The van der Waals surface area contributed by atoms with Crippen LogP contribution in [0.3, 0.4) is 0 Å². The number of fused-ring (bicyclic) bond motifs is 1. The maximum absolute atomic E-state index is 13.6. The van der Waals surface area contributed by atoms with Gasteiger partial charge in [0.2, 0.25) is 17.5 Å². The van der Waals surface area contributed by atoms with Crippen molar-refractivity contribution in [2.24, 2.45) is 0 Å². The number of methoxy groups -OCH3 is 1. The van der Waals surface area contributed by atoms with E-state index in [4.69, 9.17) is 28.1 Å². The molecule has 0 amide bonds. The minimum atomic E-state index is -1.92. The number of ether oxygens (including phenoxy) is 5. The van der Waals surface area contributed by atoms with Crippen LogP contribution >= 0.6 is 0 Å². The van der Waals surface area contributed by atoms with Crippen molar-refractivity contribution in [3.8, 4) is 34.3 Å². The molecule has 0 spiro atoms. The predicted octanol–water partition coefficient (Wildman–Crippen LogP) is -1.48. The molecule has 15 nitrogen and oxygen atoms in total. The quantitative estimate of drug-likeness (QED) is 0.156. The van der Waals surface area contributed by atoms with Crippen LogP contribution in [0.1, 0.15) is 0 Å². The van der Waals surface area contributed by atoms with Crippen molar-refractivity contribution >= 4 is 11.0 Å². The minimum absolute atomic E-state index is 0.0718. The number of benzene rings is 2. The number of hydrogen-bond acceptors (Lipinski definition) is 15. The predicted molar refractivity (Wildman–Crippen MR) is 139 cm³/mol. The van der Waals surface area contributed by atoms with E-state index in [1.165, 1.54) is 43.5 Å². The number of aromatic hydroxyl groups is 2. The molecular weight excluding hydrogens is 564 g/mol. The Morgan fingerprint density at radius 3 is 2.29 bits per heavy atom. The Morgan fingerprint density at radius 1 is 0.929 bits per heavy atom. The molecule has 2 fully saturated rings. The lowest BCUT2D eigenvalue weighted by Gasteiger charge is -2.44. The maximum atomic E-state index is 13.6. The highest BCUT2D eigenvalue weighted by molar-refractivity contribution is 5.88. The molecule has 42 heavy (non-hydrogen) atoms. The fourth-order valence-corrected chi connectivity index (χ4v) is 4.77. The molecule has 9 atom stereocenters. The van der Waals surface area contributed by atoms with Gasteiger partial charge in [0.1, 0.15) is 70.9 Å². The van der Waals surface area contributed by atoms with Crippen LogP contribution < -0.4 is 14.9 Å². The summed E-state index contributed by atoms with van der Waals surface area (Å²) in [7, 11) is 1.35. The Labute approximate surface area is 236 Å². The maximum Gasteiger partial charge on any atom is 0.239 e. The van der Waals surface area contributed by atoms with Crippen LogP contribution in [-0.2, 0) is 14.2 Å². The Bertz CT molecular complexity index is 1450. The molecule has 0 radical (unpaired) electrons. The second-order valence-corrected chi connectivity index (χ2v) is 9.83. The zero-order valence-electron chi connectivity index (χ0n) is 22.0. The first-order valence-electron chi connectivity index (χ1n) is 12.8. The molecule has 0 unspecified atom stereocenters. The van der Waals surface area contributed by atoms with Gasteiger partial charge in [-0.25, -0.2) is 0 Å². The highest BCUT2D eigenvalue weighted by Crippen LogP contribution is 2.38. The summed E-state index contributed by atoms with van der Waals surface area (Å²) in [5.74, 6) is -1.11. The molecule has 15 heteroatoms. The molecule has 0 saturated carbocycles. The molecule has 1 aromatic heterocycles. The first-order valence-corrected chi connectivity index (χ1v) is 12.8. The van der Waals surface area contributed by atoms with E-state index in [2.05, 4.69) is 0 Å². The standard InChI is InChI=1S/C27H30O15/c1-37-12-6-13(30)17-15(7-12)39-23(10-2-4-11(29)5-3-10)25(19(17)33)42-27-22(36)20(34)24(16(8-28)40-27)41-26-21(35)18(32)14(31)9-38-26/h2-7,14,16,18,20-22,24,26-32,34-36H,8-9H2,1H3/t14-,16-,18+,20-,21-,22-,24-,26-,27+/m1/s1. The third-order valence-electron chi connectivity index (χ3n) is 7.07. The molecule has 2 aliphatic rings. The number of hydrogen-bond donors (Lipinski definition) is 8. The van der Waals surface area contributed by atoms with Crippen LogP contribution in [0.15, 0.2) is 45.6 Å². The van der Waals surface area contributed by atoms with Gasteiger partial charge in [-0.1, -0.05) is 0 Å². The largest absolute Gasteiger partial charge is 0.508 e. The van der Waals surface area contributed by atoms with Crippen molar-refractivity contribution in [3.63, 3.8) is 0 Å². The second-order valence-electron chi connectivity index (χ2n) is 9.83. The van der Waals surface area contributed by atoms with Crippen LogP contribution in [0, 0.1) is 0 Å². The lowest BCUT2D eigenvalue weighted by atomic mass is 9.98. The van der Waals surface area contributed by atoms with Crippen molar-refractivity contribution in [3.05, 3.63) is 46.6 Å². The lowest BCUT2D eigenvalue weighted by molar-refractivity contribution is -0.339. The van der Waals surface area contributed by atoms with Crippen LogP contribution in [0.4, 0.5) is 0 Å². The molecule has 228 valence electrons. The number of phenols is 2. The molecule has 3 heterocycles. The smallest absolute Gasteiger partial charge is 0.239 e. The van der Waals surface area contributed by atoms with E-state index < -0.39 is 85.4 Å². The number of rotatable bonds is 7. The molecule has 0 aliphatic carbocycles. The molecule has 0 bridgehead atoms. The van der Waals surface area contributed by atoms with Crippen molar-refractivity contribution in [1.29, 1.82) is 0 Å². The highest BCUT2D eigenvalue weighted by Gasteiger charge is 2.50. The SMILES string of the molecule is COc1cc(O)c2c(=O)c(O[C@@H]3O[C@H](CO)[C@@H](O[C@H]4OC[C@@H](O)[C@H](O)[C@H]4O)[C@H](O)[C@H]3O)c(-c3ccc(O)cc3)oc2c1. The van der Waals surface area contributed by atoms with Gasteiger partial charge < -0.3 is 69.0 Å². The van der Waals surface area contributed by atoms with Gasteiger partial charge in [0.15, 0.2) is 12.1 Å². The van der Waals surface area contributed by atoms with E-state index in [0.717, 1.165) is 0 Å². The van der Waals surface area contributed by atoms with Crippen LogP contribution in [-0.4, -0.2) is 116 Å². The van der Waals surface area contributed by atoms with Crippen LogP contribution in [0.2, 0.25) is 0 Å². The van der Waals surface area contributed by atoms with E-state index in [9.17, 15) is 45.6 Å². The van der Waals surface area contributed by atoms with E-state index in [-0.39, 0.29) is 33.8 Å². The van der Waals surface area contributed by atoms with Gasteiger partial charge in [-0.15, -0.1) is 0 Å². The van der Waals surface area contributed by atoms with Crippen molar-refractivity contribution in [2.45, 2.75) is 55.3 Å². The molecule has 2 saturated heterocycles. The topological polar surface area (TPSA) is 238 Å². The first-order chi connectivity index (χ1) is 20.0. The van der Waals surface area contributed by atoms with Crippen LogP contribution in [0.5, 0.6) is 23.0 Å². The van der Waals surface area contributed by atoms with Crippen molar-refractivity contribution in [2.75, 3.05) is 20.3 Å². The summed E-state index contributed by atoms with van der Waals surface area (Å²) in [4.78, 5) is 13.6. The fraction of sp³-hybridized carbons (Fsp3) is 0.444. The van der Waals surface area contributed by atoms with Gasteiger partial charge in [-0.05, 0) is 24.3 Å². The Kier molecular flexibility index (Phi) is 8.56. The average molecular weight is 595 g/mol. The summed E-state index contributed by atoms with van der Waals surface area (Å²) in [6.07, 6.45) is -14.8. The van der Waals surface area contributed by atoms with E-state index in [0.29, 0.717) is 0 Å². The summed E-state index contributed by atoms with van der Waals surface area (Å²) in [5, 5.41) is 81.6. The normalized spacial score (nSPS) is 31.6. The second kappa shape index (κ2) is 12.0. The van der Waals surface area contributed by atoms with Crippen molar-refractivity contribution in [1.82, 2.24) is 0 Å². The lowest BCUT2D eigenvalue weighted by Crippen LogP contribution is -2.63. The van der Waals surface area contributed by atoms with Gasteiger partial charge in [-0.2, -0.15) is 0 Å². The Balaban J connectivity index is 1.49. The minimum Gasteiger partial charge on any atom is -0.508 e. The molecule has 2 aromatic carbocycles. The highest BCUT2D eigenvalue weighted by atomic mass is 16.7. The summed E-state index contributed by atoms with van der Waals surface area (Å²) >= 11 is 0. The third-order valence-corrected chi connectivity index (χ3v) is 7.07. The van der Waals surface area contributed by atoms with Gasteiger partial charge in [-0.3, -0.25) is 4.79 Å². The Hall–Kier alpha value is -3.51. The molecule has 8 N–H and O–H groups in total. The molecule has 3 aromatic rings. The van der Waals surface area contributed by atoms with E-state index in [1.807, 2.05) is 0 Å². The Morgan fingerprint density at radius 2 is 1.62 bits per heavy atom. The van der Waals surface area contributed by atoms with Gasteiger partial charge in [0, 0.05) is 17.7 Å². The van der Waals surface area contributed by atoms with Gasteiger partial charge >= 0.3 is 0 Å². The monoisotopic (exact) mass is 594 g/mol. The van der Waals surface area contributed by atoms with Gasteiger partial charge in [0.25, 0.3) is 0 Å². The van der Waals surface area contributed by atoms with Crippen molar-refractivity contribution < 1.29 is 69.0 Å². The van der Waals surface area contributed by atoms with Crippen LogP contribution in [0.25, 0.3) is 22.3 Å².